The van der Waals surface area contributed by atoms with Crippen molar-refractivity contribution >= 4 is 25.0 Å². The average molecular weight is 744 g/mol. The summed E-state index contributed by atoms with van der Waals surface area (Å²) in [5.41, 5.74) is 2.71. The van der Waals surface area contributed by atoms with Gasteiger partial charge in [0.1, 0.15) is 17.1 Å². The number of nitrogens with zero attached hydrogens (tertiary/aromatic N) is 1. The lowest BCUT2D eigenvalue weighted by atomic mass is 9.87. The van der Waals surface area contributed by atoms with Gasteiger partial charge in [-0.05, 0) is 91.0 Å². The number of benzene rings is 4. The van der Waals surface area contributed by atoms with Crippen molar-refractivity contribution in [2.75, 3.05) is 39.7 Å². The van der Waals surface area contributed by atoms with Crippen LogP contribution >= 0.6 is 0 Å². The monoisotopic (exact) mass is 743 g/mol. The maximum Gasteiger partial charge on any atom is 0.528 e. The number of rotatable bonds is 18. The van der Waals surface area contributed by atoms with Gasteiger partial charge in [-0.1, -0.05) is 80.3 Å². The third-order valence-electron chi connectivity index (χ3n) is 8.88. The second kappa shape index (κ2) is 19.4. The van der Waals surface area contributed by atoms with Crippen LogP contribution in [0.2, 0.25) is 25.7 Å². The molecule has 1 aliphatic heterocycles. The third kappa shape index (κ3) is 14.1. The van der Waals surface area contributed by atoms with E-state index in [-0.39, 0.29) is 18.8 Å². The summed E-state index contributed by atoms with van der Waals surface area (Å²) in [7, 11) is -1.14. The Morgan fingerprint density at radius 3 is 2.28 bits per heavy atom. The van der Waals surface area contributed by atoms with Gasteiger partial charge in [0.15, 0.2) is 6.79 Å². The van der Waals surface area contributed by atoms with Gasteiger partial charge >= 0.3 is 6.16 Å². The van der Waals surface area contributed by atoms with Gasteiger partial charge < -0.3 is 33.3 Å². The Hall–Kier alpha value is -3.93. The largest absolute Gasteiger partial charge is 0.528 e. The molecule has 4 aromatic carbocycles. The Kier molecular flexibility index (Phi) is 14.7. The number of hydrogen-bond donors (Lipinski definition) is 0. The second-order valence-electron chi connectivity index (χ2n) is 15.8. The highest BCUT2D eigenvalue weighted by atomic mass is 28.3. The lowest BCUT2D eigenvalue weighted by molar-refractivity contribution is -0.179. The first kappa shape index (κ1) is 40.3. The van der Waals surface area contributed by atoms with Crippen LogP contribution in [0.1, 0.15) is 56.2 Å². The highest BCUT2D eigenvalue weighted by molar-refractivity contribution is 6.76. The van der Waals surface area contributed by atoms with Gasteiger partial charge in [-0.2, -0.15) is 0 Å². The molecule has 5 rings (SSSR count). The van der Waals surface area contributed by atoms with E-state index in [4.69, 9.17) is 33.3 Å². The predicted octanol–water partition coefficient (Wildman–Crippen LogP) is 9.76. The predicted molar refractivity (Wildman–Crippen MR) is 211 cm³/mol. The molecule has 0 amide bonds. The first-order valence-corrected chi connectivity index (χ1v) is 22.5. The summed E-state index contributed by atoms with van der Waals surface area (Å²) >= 11 is 0. The van der Waals surface area contributed by atoms with E-state index in [9.17, 15) is 4.79 Å². The molecule has 9 nitrogen and oxygen atoms in total. The topological polar surface area (TPSA) is 84.9 Å². The van der Waals surface area contributed by atoms with E-state index in [1.807, 2.05) is 63.2 Å². The first-order valence-electron chi connectivity index (χ1n) is 18.8. The zero-order valence-corrected chi connectivity index (χ0v) is 33.3. The molecular formula is C43H57NO8Si. The summed E-state index contributed by atoms with van der Waals surface area (Å²) in [5, 5.41) is 3.84. The fourth-order valence-corrected chi connectivity index (χ4v) is 6.78. The minimum atomic E-state index is -1.14. The molecule has 0 radical (unpaired) electrons. The normalized spacial score (nSPS) is 16.7. The molecule has 1 heterocycles. The maximum atomic E-state index is 12.5. The Balaban J connectivity index is 1.18. The zero-order chi connectivity index (χ0) is 37.7. The summed E-state index contributed by atoms with van der Waals surface area (Å²) in [6, 6.07) is 31.9. The molecule has 286 valence electrons. The summed E-state index contributed by atoms with van der Waals surface area (Å²) in [6.45, 7) is 16.6. The number of carbonyl (C=O) groups is 1. The third-order valence-corrected chi connectivity index (χ3v) is 10.6. The van der Waals surface area contributed by atoms with Crippen LogP contribution in [0, 0.1) is 0 Å². The van der Waals surface area contributed by atoms with Crippen molar-refractivity contribution in [2.24, 2.45) is 0 Å². The van der Waals surface area contributed by atoms with Crippen LogP contribution in [-0.4, -0.2) is 70.7 Å². The van der Waals surface area contributed by atoms with E-state index in [1.54, 1.807) is 5.06 Å². The number of hydrogen-bond acceptors (Lipinski definition) is 9. The van der Waals surface area contributed by atoms with Crippen molar-refractivity contribution in [1.82, 2.24) is 5.06 Å². The molecule has 10 heteroatoms. The van der Waals surface area contributed by atoms with Crippen LogP contribution in [0.5, 0.6) is 11.5 Å². The first-order chi connectivity index (χ1) is 25.4. The molecule has 0 spiro atoms. The molecule has 0 aliphatic carbocycles. The van der Waals surface area contributed by atoms with E-state index in [0.29, 0.717) is 39.5 Å². The highest BCUT2D eigenvalue weighted by Crippen LogP contribution is 2.33. The van der Waals surface area contributed by atoms with Crippen LogP contribution in [0.25, 0.3) is 10.8 Å². The van der Waals surface area contributed by atoms with Gasteiger partial charge in [0, 0.05) is 33.6 Å². The molecule has 53 heavy (non-hydrogen) atoms. The van der Waals surface area contributed by atoms with Crippen molar-refractivity contribution in [2.45, 2.75) is 90.1 Å². The molecule has 1 aliphatic rings. The fourth-order valence-electron chi connectivity index (χ4n) is 6.03. The minimum Gasteiger partial charge on any atom is -0.494 e. The molecular weight excluding hydrogens is 687 g/mol. The van der Waals surface area contributed by atoms with E-state index >= 15 is 0 Å². The lowest BCUT2D eigenvalue weighted by Crippen LogP contribution is -2.45. The second-order valence-corrected chi connectivity index (χ2v) is 21.4. The van der Waals surface area contributed by atoms with Crippen LogP contribution in [0.4, 0.5) is 4.79 Å². The Morgan fingerprint density at radius 1 is 0.774 bits per heavy atom. The van der Waals surface area contributed by atoms with Crippen molar-refractivity contribution in [3.63, 3.8) is 0 Å². The SMILES string of the molecule is CC(C)(C)OC(=O)ON1CCC(c2ccc(OCCCOCc3ccccc3)cc2)C(OCc2ccc3ccc(OCOCC[Si](C)(C)C)cc3c2)C1. The Labute approximate surface area is 316 Å². The minimum absolute atomic E-state index is 0.0929. The van der Waals surface area contributed by atoms with Gasteiger partial charge in [0.25, 0.3) is 0 Å². The number of hydroxylamine groups is 2. The van der Waals surface area contributed by atoms with E-state index in [2.05, 4.69) is 68.2 Å². The molecule has 0 aromatic heterocycles. The van der Waals surface area contributed by atoms with Crippen LogP contribution in [0.3, 0.4) is 0 Å². The van der Waals surface area contributed by atoms with Crippen LogP contribution in [0.15, 0.2) is 91.0 Å². The Bertz CT molecular complexity index is 1700. The summed E-state index contributed by atoms with van der Waals surface area (Å²) in [6.07, 6.45) is 0.594. The molecule has 1 saturated heterocycles. The quantitative estimate of drug-likeness (QED) is 0.0428. The summed E-state index contributed by atoms with van der Waals surface area (Å²) < 4.78 is 35.5. The molecule has 0 N–H and O–H groups in total. The van der Waals surface area contributed by atoms with Gasteiger partial charge in [-0.3, -0.25) is 0 Å². The zero-order valence-electron chi connectivity index (χ0n) is 32.3. The maximum absolute atomic E-state index is 12.5. The molecule has 0 saturated carbocycles. The average Bonchev–Trinajstić information content (AvgIpc) is 3.11. The summed E-state index contributed by atoms with van der Waals surface area (Å²) in [4.78, 5) is 18.2. The van der Waals surface area contributed by atoms with Gasteiger partial charge in [-0.15, -0.1) is 5.06 Å². The lowest BCUT2D eigenvalue weighted by Gasteiger charge is -2.37. The molecule has 2 atom stereocenters. The van der Waals surface area contributed by atoms with Crippen molar-refractivity contribution in [1.29, 1.82) is 0 Å². The highest BCUT2D eigenvalue weighted by Gasteiger charge is 2.34. The van der Waals surface area contributed by atoms with Crippen LogP contribution < -0.4 is 9.47 Å². The number of carbonyl (C=O) groups excluding carboxylic acids is 1. The van der Waals surface area contributed by atoms with E-state index in [1.165, 1.54) is 5.56 Å². The Morgan fingerprint density at radius 2 is 1.53 bits per heavy atom. The molecule has 1 fully saturated rings. The number of piperidine rings is 1. The van der Waals surface area contributed by atoms with Gasteiger partial charge in [0.2, 0.25) is 0 Å². The standard InChI is InChI=1S/C43H57NO8Si/c1-43(2,3)51-42(45)52-44-22-21-40(36-16-18-38(19-17-36)48-24-10-23-46-30-33-11-8-7-9-12-33)41(29-44)49-31-34-13-14-35-15-20-39(28-37(35)27-34)50-32-47-25-26-53(4,5)6/h7-9,11-20,27-28,40-41H,10,21-26,29-32H2,1-6H3. The van der Waals surface area contributed by atoms with Gasteiger partial charge in [0.05, 0.1) is 39.1 Å². The van der Waals surface area contributed by atoms with Crippen LogP contribution in [-0.2, 0) is 37.0 Å². The van der Waals surface area contributed by atoms with Gasteiger partial charge in [-0.25, -0.2) is 4.79 Å². The number of fused-ring (bicyclic) bond motifs is 1. The molecule has 4 aromatic rings. The van der Waals surface area contributed by atoms with Crippen molar-refractivity contribution in [3.8, 4) is 11.5 Å². The number of ether oxygens (including phenoxy) is 6. The molecule has 0 bridgehead atoms. The smallest absolute Gasteiger partial charge is 0.494 e. The van der Waals surface area contributed by atoms with E-state index < -0.39 is 19.8 Å². The molecule has 2 unspecified atom stereocenters. The summed E-state index contributed by atoms with van der Waals surface area (Å²) in [5.74, 6) is 1.68. The van der Waals surface area contributed by atoms with E-state index in [0.717, 1.165) is 58.9 Å². The van der Waals surface area contributed by atoms with Crippen molar-refractivity contribution in [3.05, 3.63) is 108 Å². The fraction of sp³-hybridized carbons (Fsp3) is 0.465. The van der Waals surface area contributed by atoms with Crippen molar-refractivity contribution < 1.29 is 38.1 Å².